The van der Waals surface area contributed by atoms with E-state index in [4.69, 9.17) is 15.2 Å². The lowest BCUT2D eigenvalue weighted by Gasteiger charge is -2.04. The van der Waals surface area contributed by atoms with Gasteiger partial charge < -0.3 is 19.8 Å². The molecule has 0 radical (unpaired) electrons. The summed E-state index contributed by atoms with van der Waals surface area (Å²) >= 11 is 0. The van der Waals surface area contributed by atoms with Gasteiger partial charge in [-0.15, -0.1) is 0 Å². The number of benzene rings is 1. The lowest BCUT2D eigenvalue weighted by atomic mass is 10.2. The monoisotopic (exact) mass is 168 g/mol. The van der Waals surface area contributed by atoms with Crippen molar-refractivity contribution in [3.63, 3.8) is 0 Å². The molecule has 0 aliphatic heterocycles. The summed E-state index contributed by atoms with van der Waals surface area (Å²) in [6, 6.07) is 6.37. The highest BCUT2D eigenvalue weighted by molar-refractivity contribution is 6.33. The zero-order valence-corrected chi connectivity index (χ0v) is 6.34. The van der Waals surface area contributed by atoms with Crippen LogP contribution in [0.3, 0.4) is 0 Å². The third-order valence-corrected chi connectivity index (χ3v) is 1.35. The fourth-order valence-corrected chi connectivity index (χ4v) is 0.795. The molecule has 64 valence electrons. The minimum Gasteiger partial charge on any atom is -0.512 e. The van der Waals surface area contributed by atoms with Gasteiger partial charge in [-0.3, -0.25) is 0 Å². The number of aliphatic hydroxyl groups is 1. The first-order valence-corrected chi connectivity index (χ1v) is 3.45. The van der Waals surface area contributed by atoms with Gasteiger partial charge in [-0.05, 0) is 17.7 Å². The van der Waals surface area contributed by atoms with Crippen molar-refractivity contribution >= 4 is 7.32 Å². The Balaban J connectivity index is 2.65. The Morgan fingerprint density at radius 1 is 1.17 bits per heavy atom. The molecule has 1 rings (SSSR count). The predicted octanol–water partition coefficient (Wildman–Crippen LogP) is -0.473. The second-order valence-corrected chi connectivity index (χ2v) is 2.25. The van der Waals surface area contributed by atoms with Crippen molar-refractivity contribution < 1.29 is 19.8 Å². The van der Waals surface area contributed by atoms with Crippen molar-refractivity contribution in [2.45, 2.75) is 6.61 Å². The van der Waals surface area contributed by atoms with Gasteiger partial charge in [0, 0.05) is 0 Å². The van der Waals surface area contributed by atoms with E-state index >= 15 is 0 Å². The predicted molar refractivity (Wildman–Crippen MR) is 43.2 cm³/mol. The summed E-state index contributed by atoms with van der Waals surface area (Å²) in [5, 5.41) is 25.5. The van der Waals surface area contributed by atoms with Gasteiger partial charge in [-0.1, -0.05) is 12.1 Å². The third-order valence-electron chi connectivity index (χ3n) is 1.35. The molecule has 0 fully saturated rings. The maximum atomic E-state index is 8.67. The van der Waals surface area contributed by atoms with Crippen molar-refractivity contribution in [2.24, 2.45) is 0 Å². The van der Waals surface area contributed by atoms with Crippen LogP contribution < -0.4 is 4.65 Å². The summed E-state index contributed by atoms with van der Waals surface area (Å²) in [6.45, 7) is -0.0397. The molecule has 0 bridgehead atoms. The smallest absolute Gasteiger partial charge is 0.512 e. The first kappa shape index (κ1) is 9.06. The quantitative estimate of drug-likeness (QED) is 0.533. The van der Waals surface area contributed by atoms with Crippen molar-refractivity contribution in [1.82, 2.24) is 0 Å². The molecule has 0 saturated heterocycles. The van der Waals surface area contributed by atoms with Gasteiger partial charge in [0.05, 0.1) is 6.61 Å². The van der Waals surface area contributed by atoms with Crippen LogP contribution >= 0.6 is 0 Å². The molecule has 1 aromatic carbocycles. The minimum absolute atomic E-state index is 0.0397. The van der Waals surface area contributed by atoms with Gasteiger partial charge in [-0.25, -0.2) is 0 Å². The Kier molecular flexibility index (Phi) is 3.10. The summed E-state index contributed by atoms with van der Waals surface area (Å²) in [7, 11) is -1.80. The Morgan fingerprint density at radius 2 is 1.75 bits per heavy atom. The lowest BCUT2D eigenvalue weighted by Crippen LogP contribution is -2.20. The van der Waals surface area contributed by atoms with Crippen molar-refractivity contribution in [2.75, 3.05) is 0 Å². The topological polar surface area (TPSA) is 69.9 Å². The zero-order valence-electron chi connectivity index (χ0n) is 6.34. The van der Waals surface area contributed by atoms with Crippen LogP contribution in [-0.2, 0) is 6.61 Å². The largest absolute Gasteiger partial charge is 0.707 e. The van der Waals surface area contributed by atoms with Crippen LogP contribution in [0, 0.1) is 0 Å². The van der Waals surface area contributed by atoms with Gasteiger partial charge >= 0.3 is 7.32 Å². The highest BCUT2D eigenvalue weighted by Crippen LogP contribution is 2.11. The van der Waals surface area contributed by atoms with E-state index in [1.165, 1.54) is 0 Å². The fourth-order valence-electron chi connectivity index (χ4n) is 0.795. The van der Waals surface area contributed by atoms with E-state index in [1.807, 2.05) is 0 Å². The van der Waals surface area contributed by atoms with Crippen LogP contribution in [0.4, 0.5) is 0 Å². The van der Waals surface area contributed by atoms with Crippen LogP contribution in [0.25, 0.3) is 0 Å². The maximum absolute atomic E-state index is 8.67. The molecule has 0 amide bonds. The van der Waals surface area contributed by atoms with Gasteiger partial charge in [0.15, 0.2) is 0 Å². The van der Waals surface area contributed by atoms with Crippen LogP contribution in [0.15, 0.2) is 24.3 Å². The molecule has 5 heteroatoms. The fraction of sp³-hybridized carbons (Fsp3) is 0.143. The molecular weight excluding hydrogens is 159 g/mol. The summed E-state index contributed by atoms with van der Waals surface area (Å²) in [4.78, 5) is 0. The van der Waals surface area contributed by atoms with Crippen LogP contribution in [0.5, 0.6) is 5.75 Å². The molecular formula is C7H9BO4. The van der Waals surface area contributed by atoms with Crippen molar-refractivity contribution in [1.29, 1.82) is 0 Å². The SMILES string of the molecule is OCc1ccc(OB(O)O)cc1. The minimum atomic E-state index is -1.80. The van der Waals surface area contributed by atoms with Gasteiger partial charge in [-0.2, -0.15) is 0 Å². The number of rotatable bonds is 3. The van der Waals surface area contributed by atoms with Gasteiger partial charge in [0.25, 0.3) is 0 Å². The van der Waals surface area contributed by atoms with Gasteiger partial charge in [0.1, 0.15) is 5.75 Å². The van der Waals surface area contributed by atoms with Crippen LogP contribution in [-0.4, -0.2) is 22.5 Å². The molecule has 0 spiro atoms. The van der Waals surface area contributed by atoms with E-state index in [-0.39, 0.29) is 6.61 Å². The first-order valence-electron chi connectivity index (χ1n) is 3.45. The summed E-state index contributed by atoms with van der Waals surface area (Å²) < 4.78 is 4.54. The molecule has 0 aromatic heterocycles. The summed E-state index contributed by atoms with van der Waals surface area (Å²) in [5.74, 6) is 0.349. The van der Waals surface area contributed by atoms with Crippen molar-refractivity contribution in [3.8, 4) is 5.75 Å². The number of hydrogen-bond donors (Lipinski definition) is 3. The molecule has 0 heterocycles. The van der Waals surface area contributed by atoms with Crippen LogP contribution in [0.1, 0.15) is 5.56 Å². The Bertz CT molecular complexity index is 234. The van der Waals surface area contributed by atoms with E-state index in [0.29, 0.717) is 5.75 Å². The molecule has 0 aliphatic rings. The lowest BCUT2D eigenvalue weighted by molar-refractivity contribution is 0.280. The molecule has 4 nitrogen and oxygen atoms in total. The van der Waals surface area contributed by atoms with Crippen molar-refractivity contribution in [3.05, 3.63) is 29.8 Å². The highest BCUT2D eigenvalue weighted by Gasteiger charge is 2.10. The van der Waals surface area contributed by atoms with E-state index in [9.17, 15) is 0 Å². The molecule has 0 unspecified atom stereocenters. The average Bonchev–Trinajstić information content (AvgIpc) is 2.05. The molecule has 0 saturated carbocycles. The second-order valence-electron chi connectivity index (χ2n) is 2.25. The van der Waals surface area contributed by atoms with E-state index in [2.05, 4.69) is 4.65 Å². The molecule has 0 atom stereocenters. The Labute approximate surface area is 70.2 Å². The zero-order chi connectivity index (χ0) is 8.97. The average molecular weight is 168 g/mol. The van der Waals surface area contributed by atoms with E-state index in [1.54, 1.807) is 24.3 Å². The second kappa shape index (κ2) is 4.11. The maximum Gasteiger partial charge on any atom is 0.707 e. The number of aliphatic hydroxyl groups excluding tert-OH is 1. The molecule has 3 N–H and O–H groups in total. The molecule has 12 heavy (non-hydrogen) atoms. The van der Waals surface area contributed by atoms with Crippen LogP contribution in [0.2, 0.25) is 0 Å². The number of hydrogen-bond acceptors (Lipinski definition) is 4. The summed E-state index contributed by atoms with van der Waals surface area (Å²) in [6.07, 6.45) is 0. The Hall–Kier alpha value is -1.04. The Morgan fingerprint density at radius 3 is 2.17 bits per heavy atom. The standard InChI is InChI=1S/C7H9BO4/c9-5-6-1-3-7(4-2-6)12-8(10)11/h1-4,9-11H,5H2. The molecule has 1 aromatic rings. The van der Waals surface area contributed by atoms with E-state index in [0.717, 1.165) is 5.56 Å². The third kappa shape index (κ3) is 2.54. The summed E-state index contributed by atoms with van der Waals surface area (Å²) in [5.41, 5.74) is 0.745. The van der Waals surface area contributed by atoms with E-state index < -0.39 is 7.32 Å². The first-order chi connectivity index (χ1) is 5.72. The normalized spacial score (nSPS) is 9.58. The highest BCUT2D eigenvalue weighted by atomic mass is 16.6. The molecule has 0 aliphatic carbocycles. The van der Waals surface area contributed by atoms with Gasteiger partial charge in [0.2, 0.25) is 0 Å².